The van der Waals surface area contributed by atoms with Crippen LogP contribution < -0.4 is 21.3 Å². The van der Waals surface area contributed by atoms with Crippen LogP contribution in [0.3, 0.4) is 0 Å². The minimum Gasteiger partial charge on any atom is -0.429 e. The Morgan fingerprint density at radius 3 is 2.60 bits per heavy atom. The standard InChI is InChI=1S/C27H31FN6O6/c1-15-11-22(34-40-15)26(37)33-21(12-16-4-6-18(28)7-5-16)25(36)32-20(13-17-3-2-10-30-24(17)35)23(14-29)39-27(38)31-19-8-9-19/h4-7,11,17,19-21,23H,2-3,8-10,12-13H2,1H3,(H,30,35)(H,31,38)(H,32,36)(H,33,37)/t17-,20-,21-,23-/m0/s1. The highest BCUT2D eigenvalue weighted by Crippen LogP contribution is 2.22. The van der Waals surface area contributed by atoms with Crippen molar-refractivity contribution in [2.75, 3.05) is 6.54 Å². The second-order valence-corrected chi connectivity index (χ2v) is 10.0. The average Bonchev–Trinajstić information content (AvgIpc) is 3.64. The van der Waals surface area contributed by atoms with Crippen LogP contribution in [0.4, 0.5) is 9.18 Å². The smallest absolute Gasteiger partial charge is 0.408 e. The maximum absolute atomic E-state index is 13.6. The van der Waals surface area contributed by atoms with E-state index in [0.717, 1.165) is 19.3 Å². The first-order valence-electron chi connectivity index (χ1n) is 13.1. The van der Waals surface area contributed by atoms with Gasteiger partial charge in [0.1, 0.15) is 23.7 Å². The molecule has 0 bridgehead atoms. The molecular weight excluding hydrogens is 523 g/mol. The molecule has 0 spiro atoms. The number of aryl methyl sites for hydroxylation is 1. The molecule has 0 unspecified atom stereocenters. The Morgan fingerprint density at radius 2 is 1.98 bits per heavy atom. The Morgan fingerprint density at radius 1 is 1.23 bits per heavy atom. The molecule has 1 saturated heterocycles. The number of rotatable bonds is 11. The largest absolute Gasteiger partial charge is 0.429 e. The molecular formula is C27H31FN6O6. The maximum Gasteiger partial charge on any atom is 0.408 e. The molecule has 2 fully saturated rings. The lowest BCUT2D eigenvalue weighted by molar-refractivity contribution is -0.129. The lowest BCUT2D eigenvalue weighted by Crippen LogP contribution is -2.55. The van der Waals surface area contributed by atoms with E-state index in [9.17, 15) is 28.8 Å². The zero-order valence-electron chi connectivity index (χ0n) is 21.9. The van der Waals surface area contributed by atoms with E-state index in [1.54, 1.807) is 6.92 Å². The summed E-state index contributed by atoms with van der Waals surface area (Å²) in [4.78, 5) is 51.3. The molecule has 0 radical (unpaired) electrons. The molecule has 2 heterocycles. The number of nitrogens with zero attached hydrogens (tertiary/aromatic N) is 2. The average molecular weight is 555 g/mol. The monoisotopic (exact) mass is 554 g/mol. The highest BCUT2D eigenvalue weighted by atomic mass is 19.1. The van der Waals surface area contributed by atoms with Crippen molar-refractivity contribution in [3.63, 3.8) is 0 Å². The molecule has 4 rings (SSSR count). The first kappa shape index (κ1) is 28.5. The molecule has 1 aliphatic carbocycles. The molecule has 212 valence electrons. The number of carbonyl (C=O) groups is 4. The van der Waals surface area contributed by atoms with E-state index >= 15 is 0 Å². The topological polar surface area (TPSA) is 175 Å². The van der Waals surface area contributed by atoms with E-state index < -0.39 is 47.8 Å². The Balaban J connectivity index is 1.54. The fourth-order valence-electron chi connectivity index (χ4n) is 4.42. The van der Waals surface area contributed by atoms with Crippen LogP contribution in [0, 0.1) is 30.0 Å². The number of carbonyl (C=O) groups excluding carboxylic acids is 4. The van der Waals surface area contributed by atoms with E-state index in [1.165, 1.54) is 30.3 Å². The van der Waals surface area contributed by atoms with Crippen molar-refractivity contribution in [1.29, 1.82) is 5.26 Å². The van der Waals surface area contributed by atoms with Gasteiger partial charge < -0.3 is 30.5 Å². The lowest BCUT2D eigenvalue weighted by atomic mass is 9.89. The summed E-state index contributed by atoms with van der Waals surface area (Å²) in [5.41, 5.74) is 0.512. The van der Waals surface area contributed by atoms with Crippen LogP contribution in [0.2, 0.25) is 0 Å². The van der Waals surface area contributed by atoms with Gasteiger partial charge >= 0.3 is 6.09 Å². The summed E-state index contributed by atoms with van der Waals surface area (Å²) in [6.07, 6.45) is 0.688. The van der Waals surface area contributed by atoms with Gasteiger partial charge in [-0.05, 0) is 56.7 Å². The van der Waals surface area contributed by atoms with Crippen LogP contribution in [0.5, 0.6) is 0 Å². The van der Waals surface area contributed by atoms with Gasteiger partial charge in [-0.2, -0.15) is 5.26 Å². The number of piperidine rings is 1. The molecule has 1 aromatic carbocycles. The maximum atomic E-state index is 13.6. The summed E-state index contributed by atoms with van der Waals surface area (Å²) >= 11 is 0. The summed E-state index contributed by atoms with van der Waals surface area (Å²) in [5.74, 6) is -2.18. The van der Waals surface area contributed by atoms with Gasteiger partial charge in [0, 0.05) is 31.0 Å². The van der Waals surface area contributed by atoms with Crippen LogP contribution in [0.1, 0.15) is 53.9 Å². The third-order valence-corrected chi connectivity index (χ3v) is 6.73. The summed E-state index contributed by atoms with van der Waals surface area (Å²) in [7, 11) is 0. The molecule has 4 atom stereocenters. The van der Waals surface area contributed by atoms with Crippen LogP contribution >= 0.6 is 0 Å². The number of ether oxygens (including phenoxy) is 1. The van der Waals surface area contributed by atoms with Crippen molar-refractivity contribution < 1.29 is 32.8 Å². The van der Waals surface area contributed by atoms with Crippen LogP contribution in [0.15, 0.2) is 34.9 Å². The molecule has 12 nitrogen and oxygen atoms in total. The van der Waals surface area contributed by atoms with E-state index in [-0.39, 0.29) is 30.5 Å². The van der Waals surface area contributed by atoms with Gasteiger partial charge in [-0.15, -0.1) is 0 Å². The van der Waals surface area contributed by atoms with Crippen molar-refractivity contribution in [1.82, 2.24) is 26.4 Å². The summed E-state index contributed by atoms with van der Waals surface area (Å²) < 4.78 is 23.8. The summed E-state index contributed by atoms with van der Waals surface area (Å²) in [6.45, 7) is 2.14. The van der Waals surface area contributed by atoms with Gasteiger partial charge in [0.15, 0.2) is 5.69 Å². The van der Waals surface area contributed by atoms with Crippen molar-refractivity contribution >= 4 is 23.8 Å². The lowest BCUT2D eigenvalue weighted by Gasteiger charge is -2.30. The fraction of sp³-hybridized carbons (Fsp3) is 0.481. The summed E-state index contributed by atoms with van der Waals surface area (Å²) in [5, 5.41) is 24.3. The van der Waals surface area contributed by atoms with Crippen molar-refractivity contribution in [2.45, 2.75) is 69.7 Å². The minimum absolute atomic E-state index is 0.0144. The quantitative estimate of drug-likeness (QED) is 0.324. The number of benzene rings is 1. The van der Waals surface area contributed by atoms with Gasteiger partial charge in [-0.25, -0.2) is 9.18 Å². The van der Waals surface area contributed by atoms with Gasteiger partial charge in [0.2, 0.25) is 17.9 Å². The molecule has 1 aromatic heterocycles. The highest BCUT2D eigenvalue weighted by molar-refractivity contribution is 5.96. The van der Waals surface area contributed by atoms with Crippen molar-refractivity contribution in [2.24, 2.45) is 5.92 Å². The molecule has 13 heteroatoms. The normalized spacial score (nSPS) is 18.8. The third kappa shape index (κ3) is 8.02. The number of nitriles is 1. The van der Waals surface area contributed by atoms with E-state index in [0.29, 0.717) is 24.3 Å². The van der Waals surface area contributed by atoms with Crippen LogP contribution in [-0.4, -0.2) is 59.7 Å². The number of hydrogen-bond donors (Lipinski definition) is 4. The molecule has 2 aromatic rings. The molecule has 40 heavy (non-hydrogen) atoms. The predicted octanol–water partition coefficient (Wildman–Crippen LogP) is 1.65. The molecule has 2 aliphatic rings. The number of hydrogen-bond acceptors (Lipinski definition) is 8. The minimum atomic E-state index is -1.40. The van der Waals surface area contributed by atoms with Gasteiger partial charge in [0.05, 0.1) is 6.04 Å². The number of alkyl carbamates (subject to hydrolysis) is 1. The van der Waals surface area contributed by atoms with Crippen molar-refractivity contribution in [3.8, 4) is 6.07 Å². The third-order valence-electron chi connectivity index (χ3n) is 6.73. The number of aromatic nitrogens is 1. The molecule has 4 N–H and O–H groups in total. The second-order valence-electron chi connectivity index (χ2n) is 10.0. The Bertz CT molecular complexity index is 1270. The molecule has 4 amide bonds. The number of nitrogens with one attached hydrogen (secondary N) is 4. The van der Waals surface area contributed by atoms with Gasteiger partial charge in [0.25, 0.3) is 5.91 Å². The van der Waals surface area contributed by atoms with E-state index in [1.807, 2.05) is 6.07 Å². The first-order chi connectivity index (χ1) is 19.2. The highest BCUT2D eigenvalue weighted by Gasteiger charge is 2.36. The molecule has 1 aliphatic heterocycles. The summed E-state index contributed by atoms with van der Waals surface area (Å²) in [6, 6.07) is 6.50. The second kappa shape index (κ2) is 13.1. The van der Waals surface area contributed by atoms with E-state index in [2.05, 4.69) is 26.4 Å². The van der Waals surface area contributed by atoms with Crippen LogP contribution in [0.25, 0.3) is 0 Å². The predicted molar refractivity (Wildman–Crippen MR) is 137 cm³/mol. The molecule has 1 saturated carbocycles. The SMILES string of the molecule is Cc1cc(C(=O)N[C@@H](Cc2ccc(F)cc2)C(=O)N[C@@H](C[C@@H]2CCCNC2=O)[C@H](C#N)OC(=O)NC2CC2)no1. The van der Waals surface area contributed by atoms with Crippen LogP contribution in [-0.2, 0) is 20.7 Å². The fourth-order valence-corrected chi connectivity index (χ4v) is 4.42. The number of halogens is 1. The van der Waals surface area contributed by atoms with Gasteiger partial charge in [-0.1, -0.05) is 17.3 Å². The Kier molecular flexibility index (Phi) is 9.31. The Hall–Kier alpha value is -4.47. The zero-order valence-corrected chi connectivity index (χ0v) is 21.9. The first-order valence-corrected chi connectivity index (χ1v) is 13.1. The Labute approximate surface area is 230 Å². The van der Waals surface area contributed by atoms with Gasteiger partial charge in [-0.3, -0.25) is 14.4 Å². The van der Waals surface area contributed by atoms with Crippen molar-refractivity contribution in [3.05, 3.63) is 53.2 Å². The zero-order chi connectivity index (χ0) is 28.6. The van der Waals surface area contributed by atoms with E-state index in [4.69, 9.17) is 9.26 Å². The number of amides is 4.